The van der Waals surface area contributed by atoms with Gasteiger partial charge in [-0.25, -0.2) is 0 Å². The molecule has 0 bridgehead atoms. The van der Waals surface area contributed by atoms with Crippen molar-refractivity contribution in [2.75, 3.05) is 20.3 Å². The van der Waals surface area contributed by atoms with Gasteiger partial charge in [-0.15, -0.1) is 0 Å². The summed E-state index contributed by atoms with van der Waals surface area (Å²) in [6, 6.07) is 10.2. The second-order valence-electron chi connectivity index (χ2n) is 6.68. The van der Waals surface area contributed by atoms with Crippen LogP contribution in [-0.2, 0) is 20.8 Å². The molecular weight excluding hydrogens is 278 g/mol. The predicted molar refractivity (Wildman–Crippen MR) is 86.9 cm³/mol. The second-order valence-corrected chi connectivity index (χ2v) is 6.68. The topological polar surface area (TPSA) is 47.9 Å². The SMILES string of the molecule is COCC(C)(C)CCC(=O)C1=NOC[C@H]1Cc1ccccc1. The van der Waals surface area contributed by atoms with Gasteiger partial charge in [-0.1, -0.05) is 49.3 Å². The molecule has 0 amide bonds. The van der Waals surface area contributed by atoms with Gasteiger partial charge in [0.05, 0.1) is 6.61 Å². The number of carbonyl (C=O) groups excluding carboxylic acids is 1. The van der Waals surface area contributed by atoms with Crippen molar-refractivity contribution in [3.05, 3.63) is 35.9 Å². The minimum absolute atomic E-state index is 0.000637. The zero-order valence-corrected chi connectivity index (χ0v) is 13.7. The molecule has 1 heterocycles. The second kappa shape index (κ2) is 7.54. The van der Waals surface area contributed by atoms with Gasteiger partial charge in [0.25, 0.3) is 0 Å². The zero-order valence-electron chi connectivity index (χ0n) is 13.7. The first-order valence-corrected chi connectivity index (χ1v) is 7.78. The van der Waals surface area contributed by atoms with Crippen LogP contribution in [0.2, 0.25) is 0 Å². The van der Waals surface area contributed by atoms with Gasteiger partial charge >= 0.3 is 0 Å². The van der Waals surface area contributed by atoms with E-state index in [1.165, 1.54) is 5.56 Å². The number of ketones is 1. The molecule has 1 aliphatic rings. The minimum atomic E-state index is -0.000637. The lowest BCUT2D eigenvalue weighted by atomic mass is 9.85. The number of ether oxygens (including phenoxy) is 1. The van der Waals surface area contributed by atoms with Crippen LogP contribution in [0.4, 0.5) is 0 Å². The molecule has 22 heavy (non-hydrogen) atoms. The first-order valence-electron chi connectivity index (χ1n) is 7.78. The monoisotopic (exact) mass is 303 g/mol. The van der Waals surface area contributed by atoms with Crippen LogP contribution in [-0.4, -0.2) is 31.8 Å². The van der Waals surface area contributed by atoms with Crippen LogP contribution < -0.4 is 0 Å². The summed E-state index contributed by atoms with van der Waals surface area (Å²) in [6.45, 7) is 5.37. The molecule has 1 atom stereocenters. The van der Waals surface area contributed by atoms with Crippen molar-refractivity contribution >= 4 is 11.5 Å². The number of nitrogens with zero attached hydrogens (tertiary/aromatic N) is 1. The van der Waals surface area contributed by atoms with Crippen LogP contribution in [0.1, 0.15) is 32.3 Å². The molecule has 0 N–H and O–H groups in total. The van der Waals surface area contributed by atoms with Crippen molar-refractivity contribution in [2.24, 2.45) is 16.5 Å². The Kier molecular flexibility index (Phi) is 5.72. The Morgan fingerprint density at radius 2 is 2.09 bits per heavy atom. The molecule has 0 unspecified atom stereocenters. The van der Waals surface area contributed by atoms with Crippen LogP contribution >= 0.6 is 0 Å². The summed E-state index contributed by atoms with van der Waals surface area (Å²) in [6.07, 6.45) is 2.08. The van der Waals surface area contributed by atoms with Gasteiger partial charge < -0.3 is 9.57 Å². The molecule has 120 valence electrons. The standard InChI is InChI=1S/C18H25NO3/c1-18(2,13-21-3)10-9-16(20)17-15(12-22-19-17)11-14-7-5-4-6-8-14/h4-8,15H,9-13H2,1-3H3/t15-/m1/s1. The van der Waals surface area contributed by atoms with E-state index >= 15 is 0 Å². The van der Waals surface area contributed by atoms with Crippen LogP contribution in [0.15, 0.2) is 35.5 Å². The Morgan fingerprint density at radius 1 is 1.36 bits per heavy atom. The third-order valence-corrected chi connectivity index (χ3v) is 4.00. The molecule has 4 heteroatoms. The van der Waals surface area contributed by atoms with Crippen molar-refractivity contribution in [3.8, 4) is 0 Å². The Labute approximate surface area is 132 Å². The highest BCUT2D eigenvalue weighted by atomic mass is 16.6. The molecule has 0 aliphatic carbocycles. The van der Waals surface area contributed by atoms with Gasteiger partial charge in [-0.2, -0.15) is 0 Å². The average molecular weight is 303 g/mol. The molecular formula is C18H25NO3. The summed E-state index contributed by atoms with van der Waals surface area (Å²) in [7, 11) is 1.69. The summed E-state index contributed by atoms with van der Waals surface area (Å²) in [5.41, 5.74) is 1.80. The van der Waals surface area contributed by atoms with E-state index in [1.54, 1.807) is 7.11 Å². The van der Waals surface area contributed by atoms with Crippen LogP contribution in [0, 0.1) is 11.3 Å². The van der Waals surface area contributed by atoms with Gasteiger partial charge in [-0.05, 0) is 23.8 Å². The number of oxime groups is 1. The molecule has 0 saturated carbocycles. The van der Waals surface area contributed by atoms with Crippen molar-refractivity contribution in [1.29, 1.82) is 0 Å². The van der Waals surface area contributed by atoms with Crippen molar-refractivity contribution in [2.45, 2.75) is 33.1 Å². The highest BCUT2D eigenvalue weighted by Gasteiger charge is 2.30. The summed E-state index contributed by atoms with van der Waals surface area (Å²) in [5, 5.41) is 4.00. The number of carbonyl (C=O) groups is 1. The Bertz CT molecular complexity index is 522. The molecule has 0 saturated heterocycles. The lowest BCUT2D eigenvalue weighted by Gasteiger charge is -2.23. The van der Waals surface area contributed by atoms with E-state index in [9.17, 15) is 4.79 Å². The molecule has 0 spiro atoms. The Hall–Kier alpha value is -1.68. The summed E-state index contributed by atoms with van der Waals surface area (Å²) in [4.78, 5) is 17.6. The highest BCUT2D eigenvalue weighted by molar-refractivity contribution is 6.40. The van der Waals surface area contributed by atoms with E-state index < -0.39 is 0 Å². The quantitative estimate of drug-likeness (QED) is 0.740. The molecule has 0 aromatic heterocycles. The van der Waals surface area contributed by atoms with Gasteiger partial charge in [-0.3, -0.25) is 4.79 Å². The number of benzene rings is 1. The van der Waals surface area contributed by atoms with Gasteiger partial charge in [0.15, 0.2) is 5.78 Å². The first-order chi connectivity index (χ1) is 10.5. The fourth-order valence-electron chi connectivity index (χ4n) is 2.73. The number of hydrogen-bond acceptors (Lipinski definition) is 4. The summed E-state index contributed by atoms with van der Waals surface area (Å²) < 4.78 is 5.20. The first kappa shape index (κ1) is 16.7. The van der Waals surface area contributed by atoms with E-state index in [4.69, 9.17) is 9.57 Å². The fourth-order valence-corrected chi connectivity index (χ4v) is 2.73. The summed E-state index contributed by atoms with van der Waals surface area (Å²) in [5.74, 6) is 0.169. The van der Waals surface area contributed by atoms with E-state index in [1.807, 2.05) is 18.2 Å². The smallest absolute Gasteiger partial charge is 0.180 e. The van der Waals surface area contributed by atoms with Crippen LogP contribution in [0.25, 0.3) is 0 Å². The van der Waals surface area contributed by atoms with Gasteiger partial charge in [0.2, 0.25) is 0 Å². The lowest BCUT2D eigenvalue weighted by Crippen LogP contribution is -2.27. The van der Waals surface area contributed by atoms with Gasteiger partial charge in [0, 0.05) is 19.4 Å². The number of Topliss-reactive ketones (excluding diaryl/α,β-unsaturated/α-hetero) is 1. The zero-order chi connectivity index (χ0) is 16.0. The van der Waals surface area contributed by atoms with E-state index in [-0.39, 0.29) is 17.1 Å². The maximum Gasteiger partial charge on any atom is 0.180 e. The van der Waals surface area contributed by atoms with Crippen LogP contribution in [0.3, 0.4) is 0 Å². The third kappa shape index (κ3) is 4.67. The van der Waals surface area contributed by atoms with Crippen LogP contribution in [0.5, 0.6) is 0 Å². The third-order valence-electron chi connectivity index (χ3n) is 4.00. The lowest BCUT2D eigenvalue weighted by molar-refractivity contribution is -0.113. The van der Waals surface area contributed by atoms with E-state index in [0.29, 0.717) is 25.3 Å². The van der Waals surface area contributed by atoms with Gasteiger partial charge in [0.1, 0.15) is 12.3 Å². The molecule has 1 aliphatic heterocycles. The number of hydrogen-bond donors (Lipinski definition) is 0. The van der Waals surface area contributed by atoms with Crippen molar-refractivity contribution in [1.82, 2.24) is 0 Å². The molecule has 0 fully saturated rings. The predicted octanol–water partition coefficient (Wildman–Crippen LogP) is 3.25. The maximum absolute atomic E-state index is 12.4. The number of rotatable bonds is 8. The van der Waals surface area contributed by atoms with E-state index in [0.717, 1.165) is 12.8 Å². The fraction of sp³-hybridized carbons (Fsp3) is 0.556. The summed E-state index contributed by atoms with van der Waals surface area (Å²) >= 11 is 0. The Morgan fingerprint density at radius 3 is 2.77 bits per heavy atom. The molecule has 1 aromatic carbocycles. The van der Waals surface area contributed by atoms with E-state index in [2.05, 4.69) is 31.1 Å². The largest absolute Gasteiger partial charge is 0.395 e. The molecule has 1 aromatic rings. The normalized spacial score (nSPS) is 18.0. The molecule has 2 rings (SSSR count). The molecule has 4 nitrogen and oxygen atoms in total. The molecule has 0 radical (unpaired) electrons. The minimum Gasteiger partial charge on any atom is -0.395 e. The van der Waals surface area contributed by atoms with Crippen molar-refractivity contribution < 1.29 is 14.4 Å². The average Bonchev–Trinajstić information content (AvgIpc) is 2.94. The number of methoxy groups -OCH3 is 1. The highest BCUT2D eigenvalue weighted by Crippen LogP contribution is 2.24. The van der Waals surface area contributed by atoms with Crippen molar-refractivity contribution in [3.63, 3.8) is 0 Å². The maximum atomic E-state index is 12.4. The Balaban J connectivity index is 1.91.